The molecule has 2 aromatic rings. The van der Waals surface area contributed by atoms with Crippen LogP contribution in [0.4, 0.5) is 4.79 Å². The summed E-state index contributed by atoms with van der Waals surface area (Å²) < 4.78 is 5.09. The van der Waals surface area contributed by atoms with Crippen molar-refractivity contribution in [3.05, 3.63) is 64.7 Å². The number of amides is 2. The molecule has 0 aliphatic rings. The van der Waals surface area contributed by atoms with Crippen LogP contribution in [-0.4, -0.2) is 32.0 Å². The average Bonchev–Trinajstić information content (AvgIpc) is 2.60. The van der Waals surface area contributed by atoms with E-state index in [0.717, 1.165) is 11.3 Å². The first-order chi connectivity index (χ1) is 11.6. The molecule has 0 spiro atoms. The molecule has 6 heteroatoms. The van der Waals surface area contributed by atoms with E-state index in [1.807, 2.05) is 24.3 Å². The number of halogens is 1. The van der Waals surface area contributed by atoms with Gasteiger partial charge in [-0.05, 0) is 36.2 Å². The van der Waals surface area contributed by atoms with Crippen molar-refractivity contribution >= 4 is 23.4 Å². The predicted molar refractivity (Wildman–Crippen MR) is 93.9 cm³/mol. The van der Waals surface area contributed by atoms with Crippen molar-refractivity contribution in [1.82, 2.24) is 10.6 Å². The van der Waals surface area contributed by atoms with Crippen LogP contribution in [0.15, 0.2) is 48.5 Å². The summed E-state index contributed by atoms with van der Waals surface area (Å²) in [6.07, 6.45) is 0.694. The van der Waals surface area contributed by atoms with Gasteiger partial charge in [0.15, 0.2) is 5.78 Å². The maximum atomic E-state index is 11.9. The van der Waals surface area contributed by atoms with Gasteiger partial charge in [-0.3, -0.25) is 4.79 Å². The summed E-state index contributed by atoms with van der Waals surface area (Å²) in [5, 5.41) is 5.75. The second kappa shape index (κ2) is 8.93. The Morgan fingerprint density at radius 2 is 1.83 bits per heavy atom. The summed E-state index contributed by atoms with van der Waals surface area (Å²) in [5.74, 6) is 0.604. The van der Waals surface area contributed by atoms with E-state index in [4.69, 9.17) is 16.3 Å². The quantitative estimate of drug-likeness (QED) is 0.757. The zero-order valence-corrected chi connectivity index (χ0v) is 14.1. The molecule has 0 fully saturated rings. The molecule has 0 unspecified atom stereocenters. The van der Waals surface area contributed by atoms with Gasteiger partial charge in [-0.1, -0.05) is 35.9 Å². The molecule has 126 valence electrons. The molecule has 0 radical (unpaired) electrons. The second-order valence-electron chi connectivity index (χ2n) is 5.14. The number of Topliss-reactive ketones (excluding diaryl/α,β-unsaturated/α-hetero) is 1. The Kier molecular flexibility index (Phi) is 6.63. The van der Waals surface area contributed by atoms with E-state index in [1.165, 1.54) is 0 Å². The fourth-order valence-electron chi connectivity index (χ4n) is 2.10. The highest BCUT2D eigenvalue weighted by molar-refractivity contribution is 6.31. The molecule has 0 heterocycles. The number of ketones is 1. The lowest BCUT2D eigenvalue weighted by Crippen LogP contribution is -2.39. The van der Waals surface area contributed by atoms with E-state index in [-0.39, 0.29) is 18.4 Å². The number of urea groups is 1. The van der Waals surface area contributed by atoms with Crippen LogP contribution in [-0.2, 0) is 6.42 Å². The molecule has 0 atom stereocenters. The molecular formula is C18H19ClN2O3. The molecule has 0 saturated carbocycles. The largest absolute Gasteiger partial charge is 0.497 e. The van der Waals surface area contributed by atoms with Crippen LogP contribution in [0.25, 0.3) is 0 Å². The zero-order valence-electron chi connectivity index (χ0n) is 13.3. The van der Waals surface area contributed by atoms with Gasteiger partial charge in [-0.2, -0.15) is 0 Å². The Morgan fingerprint density at radius 1 is 1.08 bits per heavy atom. The Bertz CT molecular complexity index is 702. The van der Waals surface area contributed by atoms with Crippen LogP contribution in [0.2, 0.25) is 5.02 Å². The number of ether oxygens (including phenoxy) is 1. The van der Waals surface area contributed by atoms with Crippen molar-refractivity contribution in [3.63, 3.8) is 0 Å². The molecule has 0 saturated heterocycles. The van der Waals surface area contributed by atoms with E-state index in [2.05, 4.69) is 10.6 Å². The highest BCUT2D eigenvalue weighted by Gasteiger charge is 2.08. The SMILES string of the molecule is COc1ccc(CCNC(=O)NCC(=O)c2cccc(Cl)c2)cc1. The number of nitrogens with one attached hydrogen (secondary N) is 2. The number of carbonyl (C=O) groups is 2. The summed E-state index contributed by atoms with van der Waals surface area (Å²) in [6.45, 7) is 0.401. The Balaban J connectivity index is 1.70. The minimum atomic E-state index is -0.376. The molecule has 0 aromatic heterocycles. The third-order valence-corrected chi connectivity index (χ3v) is 3.65. The first-order valence-corrected chi connectivity index (χ1v) is 7.89. The maximum Gasteiger partial charge on any atom is 0.315 e. The molecule has 24 heavy (non-hydrogen) atoms. The van der Waals surface area contributed by atoms with Gasteiger partial charge in [0.1, 0.15) is 5.75 Å². The van der Waals surface area contributed by atoms with E-state index >= 15 is 0 Å². The standard InChI is InChI=1S/C18H19ClN2O3/c1-24-16-7-5-13(6-8-16)9-10-20-18(23)21-12-17(22)14-3-2-4-15(19)11-14/h2-8,11H,9-10,12H2,1H3,(H2,20,21,23). The van der Waals surface area contributed by atoms with Crippen molar-refractivity contribution in [2.45, 2.75) is 6.42 Å². The highest BCUT2D eigenvalue weighted by Crippen LogP contribution is 2.11. The summed E-state index contributed by atoms with van der Waals surface area (Å²) >= 11 is 5.84. The molecule has 2 aromatic carbocycles. The normalized spacial score (nSPS) is 10.1. The Labute approximate surface area is 146 Å². The van der Waals surface area contributed by atoms with Crippen LogP contribution in [0.3, 0.4) is 0 Å². The van der Waals surface area contributed by atoms with Gasteiger partial charge in [-0.25, -0.2) is 4.79 Å². The van der Waals surface area contributed by atoms with Crippen LogP contribution < -0.4 is 15.4 Å². The summed E-state index contributed by atoms with van der Waals surface area (Å²) in [4.78, 5) is 23.7. The summed E-state index contributed by atoms with van der Waals surface area (Å²) in [6, 6.07) is 13.9. The third kappa shape index (κ3) is 5.59. The van der Waals surface area contributed by atoms with E-state index in [1.54, 1.807) is 31.4 Å². The number of carbonyl (C=O) groups excluding carboxylic acids is 2. The molecule has 5 nitrogen and oxygen atoms in total. The molecule has 2 amide bonds. The smallest absolute Gasteiger partial charge is 0.315 e. The van der Waals surface area contributed by atoms with Crippen molar-refractivity contribution in [3.8, 4) is 5.75 Å². The maximum absolute atomic E-state index is 11.9. The van der Waals surface area contributed by atoms with Gasteiger partial charge in [0.25, 0.3) is 0 Å². The summed E-state index contributed by atoms with van der Waals surface area (Å²) in [7, 11) is 1.62. The van der Waals surface area contributed by atoms with Crippen LogP contribution in [0, 0.1) is 0 Å². The Hall–Kier alpha value is -2.53. The third-order valence-electron chi connectivity index (χ3n) is 3.41. The number of methoxy groups -OCH3 is 1. The number of hydrogen-bond acceptors (Lipinski definition) is 3. The van der Waals surface area contributed by atoms with E-state index in [0.29, 0.717) is 23.6 Å². The van der Waals surface area contributed by atoms with E-state index < -0.39 is 0 Å². The minimum Gasteiger partial charge on any atom is -0.497 e. The number of benzene rings is 2. The van der Waals surface area contributed by atoms with Crippen LogP contribution in [0.5, 0.6) is 5.75 Å². The lowest BCUT2D eigenvalue weighted by molar-refractivity contribution is 0.0992. The van der Waals surface area contributed by atoms with E-state index in [9.17, 15) is 9.59 Å². The average molecular weight is 347 g/mol. The van der Waals surface area contributed by atoms with Gasteiger partial charge >= 0.3 is 6.03 Å². The fraction of sp³-hybridized carbons (Fsp3) is 0.222. The van der Waals surface area contributed by atoms with Crippen molar-refractivity contribution in [2.75, 3.05) is 20.2 Å². The van der Waals surface area contributed by atoms with Gasteiger partial charge in [-0.15, -0.1) is 0 Å². The van der Waals surface area contributed by atoms with Gasteiger partial charge in [0.05, 0.1) is 13.7 Å². The zero-order chi connectivity index (χ0) is 17.4. The second-order valence-corrected chi connectivity index (χ2v) is 5.58. The van der Waals surface area contributed by atoms with Crippen LogP contribution in [0.1, 0.15) is 15.9 Å². The monoisotopic (exact) mass is 346 g/mol. The molecule has 0 aliphatic heterocycles. The molecular weight excluding hydrogens is 328 g/mol. The summed E-state index contributed by atoms with van der Waals surface area (Å²) in [5.41, 5.74) is 1.56. The fourth-order valence-corrected chi connectivity index (χ4v) is 2.29. The molecule has 2 rings (SSSR count). The first-order valence-electron chi connectivity index (χ1n) is 7.52. The molecule has 0 bridgehead atoms. The minimum absolute atomic E-state index is 0.0747. The van der Waals surface area contributed by atoms with Crippen molar-refractivity contribution < 1.29 is 14.3 Å². The highest BCUT2D eigenvalue weighted by atomic mass is 35.5. The number of rotatable bonds is 7. The topological polar surface area (TPSA) is 67.4 Å². The molecule has 2 N–H and O–H groups in total. The van der Waals surface area contributed by atoms with Crippen LogP contribution >= 0.6 is 11.6 Å². The van der Waals surface area contributed by atoms with Gasteiger partial charge in [0, 0.05) is 17.1 Å². The first kappa shape index (κ1) is 17.8. The predicted octanol–water partition coefficient (Wildman–Crippen LogP) is 3.07. The molecule has 0 aliphatic carbocycles. The van der Waals surface area contributed by atoms with Gasteiger partial charge < -0.3 is 15.4 Å². The Morgan fingerprint density at radius 3 is 2.50 bits per heavy atom. The van der Waals surface area contributed by atoms with Crippen molar-refractivity contribution in [2.24, 2.45) is 0 Å². The van der Waals surface area contributed by atoms with Gasteiger partial charge in [0.2, 0.25) is 0 Å². The van der Waals surface area contributed by atoms with Crippen molar-refractivity contribution in [1.29, 1.82) is 0 Å². The lowest BCUT2D eigenvalue weighted by Gasteiger charge is -2.08. The lowest BCUT2D eigenvalue weighted by atomic mass is 10.1. The number of hydrogen-bond donors (Lipinski definition) is 2.